The lowest BCUT2D eigenvalue weighted by molar-refractivity contribution is 0.474. The van der Waals surface area contributed by atoms with E-state index in [1.165, 1.54) is 5.56 Å². The Kier molecular flexibility index (Phi) is 6.30. The zero-order valence-corrected chi connectivity index (χ0v) is 13.5. The van der Waals surface area contributed by atoms with E-state index in [1.54, 1.807) is 18.2 Å². The van der Waals surface area contributed by atoms with E-state index < -0.39 is 0 Å². The van der Waals surface area contributed by atoms with E-state index in [1.807, 2.05) is 37.3 Å². The molecule has 4 nitrogen and oxygen atoms in total. The third kappa shape index (κ3) is 5.08. The predicted molar refractivity (Wildman–Crippen MR) is 93.6 cm³/mol. The Morgan fingerprint density at radius 2 is 1.90 bits per heavy atom. The van der Waals surface area contributed by atoms with Gasteiger partial charge in [-0.05, 0) is 36.8 Å². The van der Waals surface area contributed by atoms with Gasteiger partial charge in [-0.1, -0.05) is 29.8 Å². The summed E-state index contributed by atoms with van der Waals surface area (Å²) >= 11 is 0. The number of nitrogens with zero attached hydrogens (tertiary/aromatic N) is 1. The topological polar surface area (TPSA) is 70.6 Å². The van der Waals surface area contributed by atoms with Crippen molar-refractivity contribution in [3.63, 3.8) is 0 Å². The van der Waals surface area contributed by atoms with Crippen molar-refractivity contribution >= 4 is 35.6 Å². The van der Waals surface area contributed by atoms with Crippen molar-refractivity contribution in [1.82, 2.24) is 0 Å². The molecule has 2 rings (SSSR count). The molecule has 0 saturated carbocycles. The molecule has 0 bridgehead atoms. The molecule has 0 heterocycles. The minimum absolute atomic E-state index is 0. The van der Waals surface area contributed by atoms with Crippen molar-refractivity contribution in [2.45, 2.75) is 13.5 Å². The van der Waals surface area contributed by atoms with Crippen LogP contribution in [0.15, 0.2) is 53.5 Å². The minimum Gasteiger partial charge on any atom is -0.508 e. The van der Waals surface area contributed by atoms with E-state index in [4.69, 9.17) is 5.73 Å². The molecule has 4 N–H and O–H groups in total. The fourth-order valence-electron chi connectivity index (χ4n) is 1.66. The molecule has 0 spiro atoms. The Labute approximate surface area is 135 Å². The molecule has 0 aliphatic rings. The van der Waals surface area contributed by atoms with E-state index in [9.17, 15) is 5.11 Å². The number of halogens is 1. The molecule has 2 aromatic carbocycles. The molecule has 0 amide bonds. The van der Waals surface area contributed by atoms with Gasteiger partial charge in [-0.3, -0.25) is 0 Å². The van der Waals surface area contributed by atoms with Gasteiger partial charge in [0.2, 0.25) is 0 Å². The van der Waals surface area contributed by atoms with Crippen molar-refractivity contribution < 1.29 is 5.11 Å². The van der Waals surface area contributed by atoms with Crippen LogP contribution in [-0.2, 0) is 6.54 Å². The van der Waals surface area contributed by atoms with Crippen molar-refractivity contribution in [2.24, 2.45) is 10.7 Å². The van der Waals surface area contributed by atoms with E-state index in [-0.39, 0.29) is 29.7 Å². The number of anilines is 1. The van der Waals surface area contributed by atoms with Crippen LogP contribution in [0, 0.1) is 6.92 Å². The van der Waals surface area contributed by atoms with Gasteiger partial charge in [0.1, 0.15) is 5.75 Å². The van der Waals surface area contributed by atoms with Gasteiger partial charge >= 0.3 is 0 Å². The summed E-state index contributed by atoms with van der Waals surface area (Å²) in [5, 5.41) is 12.4. The average Bonchev–Trinajstić information content (AvgIpc) is 2.39. The molecular weight excluding hydrogens is 365 g/mol. The predicted octanol–water partition coefficient (Wildman–Crippen LogP) is 3.25. The molecule has 0 unspecified atom stereocenters. The molecule has 0 aliphatic carbocycles. The van der Waals surface area contributed by atoms with Crippen LogP contribution in [0.3, 0.4) is 0 Å². The number of aryl methyl sites for hydroxylation is 1. The highest BCUT2D eigenvalue weighted by Crippen LogP contribution is 2.12. The summed E-state index contributed by atoms with van der Waals surface area (Å²) in [4.78, 5) is 4.23. The normalized spacial score (nSPS) is 10.8. The van der Waals surface area contributed by atoms with E-state index in [0.29, 0.717) is 12.5 Å². The number of aromatic hydroxyl groups is 1. The zero-order chi connectivity index (χ0) is 13.7. The summed E-state index contributed by atoms with van der Waals surface area (Å²) < 4.78 is 0. The largest absolute Gasteiger partial charge is 0.508 e. The second kappa shape index (κ2) is 7.74. The maximum Gasteiger partial charge on any atom is 0.193 e. The second-order valence-electron chi connectivity index (χ2n) is 4.36. The third-order valence-electron chi connectivity index (χ3n) is 2.67. The van der Waals surface area contributed by atoms with Gasteiger partial charge in [0.25, 0.3) is 0 Å². The van der Waals surface area contributed by atoms with Crippen LogP contribution < -0.4 is 11.1 Å². The maximum absolute atomic E-state index is 9.34. The summed E-state index contributed by atoms with van der Waals surface area (Å²) in [6, 6.07) is 14.9. The number of phenols is 1. The molecule has 0 aromatic heterocycles. The lowest BCUT2D eigenvalue weighted by atomic mass is 10.2. The summed E-state index contributed by atoms with van der Waals surface area (Å²) in [5.41, 5.74) is 8.82. The summed E-state index contributed by atoms with van der Waals surface area (Å²) in [5.74, 6) is 0.588. The quantitative estimate of drug-likeness (QED) is 0.433. The van der Waals surface area contributed by atoms with E-state index in [2.05, 4.69) is 10.3 Å². The number of hydrogen-bond acceptors (Lipinski definition) is 2. The minimum atomic E-state index is 0. The molecule has 0 atom stereocenters. The molecule has 0 aliphatic heterocycles. The monoisotopic (exact) mass is 383 g/mol. The highest BCUT2D eigenvalue weighted by molar-refractivity contribution is 14.0. The van der Waals surface area contributed by atoms with Crippen molar-refractivity contribution in [2.75, 3.05) is 5.32 Å². The smallest absolute Gasteiger partial charge is 0.193 e. The van der Waals surface area contributed by atoms with E-state index in [0.717, 1.165) is 11.3 Å². The maximum atomic E-state index is 9.34. The van der Waals surface area contributed by atoms with Gasteiger partial charge in [0.05, 0.1) is 6.54 Å². The molecule has 5 heteroatoms. The number of rotatable bonds is 3. The van der Waals surface area contributed by atoms with Gasteiger partial charge in [0.15, 0.2) is 5.96 Å². The zero-order valence-electron chi connectivity index (χ0n) is 11.2. The number of nitrogens with two attached hydrogens (primary N) is 1. The van der Waals surface area contributed by atoms with Crippen molar-refractivity contribution in [3.05, 3.63) is 59.7 Å². The summed E-state index contributed by atoms with van der Waals surface area (Å²) in [7, 11) is 0. The number of phenolic OH excluding ortho intramolecular Hbond substituents is 1. The first-order chi connectivity index (χ1) is 9.13. The number of nitrogens with one attached hydrogen (secondary N) is 1. The molecule has 0 radical (unpaired) electrons. The fraction of sp³-hybridized carbons (Fsp3) is 0.133. The number of benzene rings is 2. The molecule has 106 valence electrons. The fourth-order valence-corrected chi connectivity index (χ4v) is 1.66. The summed E-state index contributed by atoms with van der Waals surface area (Å²) in [6.45, 7) is 2.46. The van der Waals surface area contributed by atoms with Crippen LogP contribution in [0.1, 0.15) is 11.1 Å². The standard InChI is InChI=1S/C15H17N3O.HI/c1-11-5-7-13(8-6-11)18-15(16)17-10-12-3-2-4-14(19)9-12;/h2-9,19H,10H2,1H3,(H3,16,17,18);1H. The van der Waals surface area contributed by atoms with Crippen molar-refractivity contribution in [1.29, 1.82) is 0 Å². The number of aliphatic imine (C=N–C) groups is 1. The van der Waals surface area contributed by atoms with Gasteiger partial charge in [-0.2, -0.15) is 0 Å². The molecule has 0 saturated heterocycles. The SMILES string of the molecule is Cc1ccc(NC(N)=NCc2cccc(O)c2)cc1.I. The molecule has 2 aromatic rings. The van der Waals surface area contributed by atoms with Gasteiger partial charge < -0.3 is 16.2 Å². The lowest BCUT2D eigenvalue weighted by Crippen LogP contribution is -2.22. The van der Waals surface area contributed by atoms with Gasteiger partial charge in [0, 0.05) is 5.69 Å². The summed E-state index contributed by atoms with van der Waals surface area (Å²) in [6.07, 6.45) is 0. The molecular formula is C15H18IN3O. The van der Waals surface area contributed by atoms with Crippen LogP contribution in [0.4, 0.5) is 5.69 Å². The van der Waals surface area contributed by atoms with Crippen molar-refractivity contribution in [3.8, 4) is 5.75 Å². The Hall–Kier alpha value is -1.76. The first-order valence-electron chi connectivity index (χ1n) is 6.05. The Morgan fingerprint density at radius 1 is 1.20 bits per heavy atom. The van der Waals surface area contributed by atoms with Gasteiger partial charge in [-0.15, -0.1) is 24.0 Å². The highest BCUT2D eigenvalue weighted by Gasteiger charge is 1.96. The van der Waals surface area contributed by atoms with E-state index >= 15 is 0 Å². The highest BCUT2D eigenvalue weighted by atomic mass is 127. The van der Waals surface area contributed by atoms with Crippen LogP contribution in [0.25, 0.3) is 0 Å². The molecule has 20 heavy (non-hydrogen) atoms. The first-order valence-corrected chi connectivity index (χ1v) is 6.05. The van der Waals surface area contributed by atoms with Gasteiger partial charge in [-0.25, -0.2) is 4.99 Å². The van der Waals surface area contributed by atoms with Crippen LogP contribution in [-0.4, -0.2) is 11.1 Å². The number of guanidine groups is 1. The lowest BCUT2D eigenvalue weighted by Gasteiger charge is -2.06. The second-order valence-corrected chi connectivity index (χ2v) is 4.36. The third-order valence-corrected chi connectivity index (χ3v) is 2.67. The Balaban J connectivity index is 0.00000200. The Bertz CT molecular complexity index is 582. The molecule has 0 fully saturated rings. The number of hydrogen-bond donors (Lipinski definition) is 3. The van der Waals surface area contributed by atoms with Crippen LogP contribution in [0.5, 0.6) is 5.75 Å². The first kappa shape index (κ1) is 16.3. The van der Waals surface area contributed by atoms with Crippen LogP contribution in [0.2, 0.25) is 0 Å². The Morgan fingerprint density at radius 3 is 2.55 bits per heavy atom. The van der Waals surface area contributed by atoms with Crippen LogP contribution >= 0.6 is 24.0 Å². The average molecular weight is 383 g/mol.